The molecule has 4 nitrogen and oxygen atoms in total. The van der Waals surface area contributed by atoms with Gasteiger partial charge in [0.25, 0.3) is 0 Å². The van der Waals surface area contributed by atoms with Crippen LogP contribution >= 0.6 is 0 Å². The average Bonchev–Trinajstić information content (AvgIpc) is 2.73. The maximum atomic E-state index is 11.2. The maximum absolute atomic E-state index is 11.2. The third kappa shape index (κ3) is 1.20. The van der Waals surface area contributed by atoms with Gasteiger partial charge < -0.3 is 10.1 Å². The summed E-state index contributed by atoms with van der Waals surface area (Å²) < 4.78 is 5.38. The summed E-state index contributed by atoms with van der Waals surface area (Å²) in [6.45, 7) is 4.20. The molecule has 1 amide bonds. The topological polar surface area (TPSA) is 41.6 Å². The normalized spacial score (nSPS) is 44.5. The van der Waals surface area contributed by atoms with E-state index in [-0.39, 0.29) is 12.2 Å². The van der Waals surface area contributed by atoms with Gasteiger partial charge in [0.1, 0.15) is 6.10 Å². The molecule has 0 radical (unpaired) electrons. The highest BCUT2D eigenvalue weighted by molar-refractivity contribution is 5.68. The first kappa shape index (κ1) is 9.46. The van der Waals surface area contributed by atoms with Crippen LogP contribution in [-0.4, -0.2) is 41.8 Å². The predicted octanol–water partition coefficient (Wildman–Crippen LogP) is 1.11. The van der Waals surface area contributed by atoms with E-state index in [0.29, 0.717) is 11.6 Å². The molecule has 3 saturated heterocycles. The number of carbonyl (C=O) groups is 1. The summed E-state index contributed by atoms with van der Waals surface area (Å²) in [5.41, 5.74) is 0.335. The SMILES string of the molecule is CCC12CCCN1C1CNC(=O)OC1C2. The highest BCUT2D eigenvalue weighted by Crippen LogP contribution is 2.46. The highest BCUT2D eigenvalue weighted by atomic mass is 16.6. The summed E-state index contributed by atoms with van der Waals surface area (Å²) in [6.07, 6.45) is 4.70. The summed E-state index contributed by atoms with van der Waals surface area (Å²) in [6, 6.07) is 0.421. The van der Waals surface area contributed by atoms with E-state index < -0.39 is 0 Å². The summed E-state index contributed by atoms with van der Waals surface area (Å²) in [5, 5.41) is 2.80. The lowest BCUT2D eigenvalue weighted by Crippen LogP contribution is -2.52. The van der Waals surface area contributed by atoms with Gasteiger partial charge in [-0.3, -0.25) is 4.90 Å². The lowest BCUT2D eigenvalue weighted by atomic mass is 9.90. The first-order valence-electron chi connectivity index (χ1n) is 5.96. The number of hydrogen-bond acceptors (Lipinski definition) is 3. The molecule has 3 heterocycles. The largest absolute Gasteiger partial charge is 0.444 e. The van der Waals surface area contributed by atoms with Gasteiger partial charge in [-0.05, 0) is 25.8 Å². The molecule has 0 aromatic carbocycles. The maximum Gasteiger partial charge on any atom is 0.407 e. The van der Waals surface area contributed by atoms with Crippen molar-refractivity contribution < 1.29 is 9.53 Å². The molecule has 4 heteroatoms. The first-order valence-corrected chi connectivity index (χ1v) is 5.96. The van der Waals surface area contributed by atoms with Gasteiger partial charge in [0.15, 0.2) is 0 Å². The number of nitrogens with one attached hydrogen (secondary N) is 1. The zero-order valence-electron chi connectivity index (χ0n) is 9.16. The van der Waals surface area contributed by atoms with Crippen molar-refractivity contribution in [2.24, 2.45) is 0 Å². The van der Waals surface area contributed by atoms with Crippen LogP contribution in [0.15, 0.2) is 0 Å². The zero-order valence-corrected chi connectivity index (χ0v) is 9.16. The Morgan fingerprint density at radius 2 is 2.53 bits per heavy atom. The van der Waals surface area contributed by atoms with Crippen molar-refractivity contribution in [3.05, 3.63) is 0 Å². The van der Waals surface area contributed by atoms with Crippen LogP contribution < -0.4 is 5.32 Å². The van der Waals surface area contributed by atoms with Crippen LogP contribution in [0.1, 0.15) is 32.6 Å². The van der Waals surface area contributed by atoms with Crippen molar-refractivity contribution in [2.75, 3.05) is 13.1 Å². The summed E-state index contributed by atoms with van der Waals surface area (Å²) in [7, 11) is 0. The number of ether oxygens (including phenoxy) is 1. The number of nitrogens with zero attached hydrogens (tertiary/aromatic N) is 1. The van der Waals surface area contributed by atoms with Crippen LogP contribution in [0, 0.1) is 0 Å². The van der Waals surface area contributed by atoms with E-state index in [2.05, 4.69) is 17.1 Å². The number of fused-ring (bicyclic) bond motifs is 3. The van der Waals surface area contributed by atoms with Crippen molar-refractivity contribution in [3.63, 3.8) is 0 Å². The molecule has 3 fully saturated rings. The molecule has 0 aliphatic carbocycles. The molecule has 0 aromatic rings. The molecule has 0 bridgehead atoms. The molecule has 0 aromatic heterocycles. The molecular formula is C11H18N2O2. The molecule has 84 valence electrons. The molecule has 0 saturated carbocycles. The van der Waals surface area contributed by atoms with E-state index in [1.165, 1.54) is 25.8 Å². The fourth-order valence-corrected chi connectivity index (χ4v) is 3.66. The number of amides is 1. The Balaban J connectivity index is 1.86. The Kier molecular flexibility index (Phi) is 1.96. The zero-order chi connectivity index (χ0) is 10.5. The van der Waals surface area contributed by atoms with Crippen molar-refractivity contribution in [1.82, 2.24) is 10.2 Å². The lowest BCUT2D eigenvalue weighted by molar-refractivity contribution is 0.0459. The average molecular weight is 210 g/mol. The van der Waals surface area contributed by atoms with Gasteiger partial charge in [0.05, 0.1) is 6.04 Å². The molecule has 3 atom stereocenters. The van der Waals surface area contributed by atoms with Gasteiger partial charge in [0.2, 0.25) is 0 Å². The van der Waals surface area contributed by atoms with Gasteiger partial charge >= 0.3 is 6.09 Å². The summed E-state index contributed by atoms with van der Waals surface area (Å²) >= 11 is 0. The molecule has 3 aliphatic rings. The molecular weight excluding hydrogens is 192 g/mol. The van der Waals surface area contributed by atoms with Crippen LogP contribution in [0.3, 0.4) is 0 Å². The van der Waals surface area contributed by atoms with Gasteiger partial charge in [0, 0.05) is 18.5 Å². The second-order valence-corrected chi connectivity index (χ2v) is 4.97. The molecule has 15 heavy (non-hydrogen) atoms. The van der Waals surface area contributed by atoms with E-state index in [4.69, 9.17) is 4.74 Å². The molecule has 1 N–H and O–H groups in total. The molecule has 3 aliphatic heterocycles. The smallest absolute Gasteiger partial charge is 0.407 e. The molecule has 0 spiro atoms. The van der Waals surface area contributed by atoms with E-state index in [9.17, 15) is 4.79 Å². The van der Waals surface area contributed by atoms with Gasteiger partial charge in [-0.1, -0.05) is 6.92 Å². The fraction of sp³-hybridized carbons (Fsp3) is 0.909. The van der Waals surface area contributed by atoms with Crippen LogP contribution in [-0.2, 0) is 4.74 Å². The monoisotopic (exact) mass is 210 g/mol. The van der Waals surface area contributed by atoms with Crippen LogP contribution in [0.4, 0.5) is 4.79 Å². The minimum absolute atomic E-state index is 0.138. The Morgan fingerprint density at radius 3 is 3.33 bits per heavy atom. The van der Waals surface area contributed by atoms with Crippen LogP contribution in [0.5, 0.6) is 0 Å². The molecule has 3 unspecified atom stereocenters. The minimum atomic E-state index is -0.233. The van der Waals surface area contributed by atoms with Crippen molar-refractivity contribution in [1.29, 1.82) is 0 Å². The number of hydrogen-bond donors (Lipinski definition) is 1. The van der Waals surface area contributed by atoms with E-state index >= 15 is 0 Å². The summed E-state index contributed by atoms with van der Waals surface area (Å²) in [5.74, 6) is 0. The third-order valence-corrected chi connectivity index (χ3v) is 4.43. The van der Waals surface area contributed by atoms with Crippen molar-refractivity contribution >= 4 is 6.09 Å². The van der Waals surface area contributed by atoms with Gasteiger partial charge in [-0.15, -0.1) is 0 Å². The minimum Gasteiger partial charge on any atom is -0.444 e. The van der Waals surface area contributed by atoms with E-state index in [1.807, 2.05) is 0 Å². The Hall–Kier alpha value is -0.770. The second kappa shape index (κ2) is 3.11. The van der Waals surface area contributed by atoms with Crippen LogP contribution in [0.25, 0.3) is 0 Å². The number of rotatable bonds is 1. The van der Waals surface area contributed by atoms with Gasteiger partial charge in [-0.2, -0.15) is 0 Å². The first-order chi connectivity index (χ1) is 7.25. The van der Waals surface area contributed by atoms with Gasteiger partial charge in [-0.25, -0.2) is 4.79 Å². The summed E-state index contributed by atoms with van der Waals surface area (Å²) in [4.78, 5) is 13.7. The number of carbonyl (C=O) groups excluding carboxylic acids is 1. The Labute approximate surface area is 90.0 Å². The Morgan fingerprint density at radius 1 is 1.67 bits per heavy atom. The standard InChI is InChI=1S/C11H18N2O2/c1-2-11-4-3-5-13(11)8-7-12-10(14)15-9(8)6-11/h8-9H,2-7H2,1H3,(H,12,14). The highest BCUT2D eigenvalue weighted by Gasteiger charge is 2.55. The second-order valence-electron chi connectivity index (χ2n) is 4.97. The molecule has 3 rings (SSSR count). The van der Waals surface area contributed by atoms with Crippen LogP contribution in [0.2, 0.25) is 0 Å². The third-order valence-electron chi connectivity index (χ3n) is 4.43. The lowest BCUT2D eigenvalue weighted by Gasteiger charge is -2.34. The fourth-order valence-electron chi connectivity index (χ4n) is 3.66. The van der Waals surface area contributed by atoms with E-state index in [1.54, 1.807) is 0 Å². The predicted molar refractivity (Wildman–Crippen MR) is 55.6 cm³/mol. The van der Waals surface area contributed by atoms with Crippen molar-refractivity contribution in [2.45, 2.75) is 50.3 Å². The quantitative estimate of drug-likeness (QED) is 0.705. The Bertz CT molecular complexity index is 294. The number of alkyl carbamates (subject to hydrolysis) is 1. The van der Waals surface area contributed by atoms with Crippen molar-refractivity contribution in [3.8, 4) is 0 Å². The van der Waals surface area contributed by atoms with E-state index in [0.717, 1.165) is 13.0 Å².